The molecular weight excluding hydrogens is 196 g/mol. The minimum atomic E-state index is 0.890. The van der Waals surface area contributed by atoms with Crippen molar-refractivity contribution in [2.75, 3.05) is 5.73 Å². The highest BCUT2D eigenvalue weighted by Crippen LogP contribution is 2.14. The summed E-state index contributed by atoms with van der Waals surface area (Å²) >= 11 is 0. The molecule has 0 saturated carbocycles. The number of unbranched alkanes of at least 4 members (excludes halogenated alkanes) is 6. The van der Waals surface area contributed by atoms with E-state index in [2.05, 4.69) is 11.9 Å². The summed E-state index contributed by atoms with van der Waals surface area (Å²) in [6.45, 7) is 2.26. The number of aromatic nitrogens is 1. The van der Waals surface area contributed by atoms with Gasteiger partial charge in [-0.15, -0.1) is 0 Å². The minimum absolute atomic E-state index is 0.890. The van der Waals surface area contributed by atoms with Gasteiger partial charge in [0.1, 0.15) is 0 Å². The van der Waals surface area contributed by atoms with E-state index in [1.807, 2.05) is 12.3 Å². The Labute approximate surface area is 99.3 Å². The Balaban J connectivity index is 2.05. The standard InChI is InChI=1S/C14H24N2/c1-2-3-4-5-6-7-8-9-13-12-16-11-10-14(13)15/h10-12H,2-9H2,1H3,(H2,15,16). The molecule has 2 N–H and O–H groups in total. The normalized spacial score (nSPS) is 10.6. The lowest BCUT2D eigenvalue weighted by molar-refractivity contribution is 0.589. The Morgan fingerprint density at radius 1 is 1.06 bits per heavy atom. The Bertz CT molecular complexity index is 284. The van der Waals surface area contributed by atoms with Gasteiger partial charge in [0.15, 0.2) is 0 Å². The second kappa shape index (κ2) is 8.14. The van der Waals surface area contributed by atoms with E-state index in [0.29, 0.717) is 0 Å². The molecule has 0 aliphatic heterocycles. The molecule has 0 unspecified atom stereocenters. The molecule has 2 nitrogen and oxygen atoms in total. The molecule has 1 aromatic heterocycles. The summed E-state index contributed by atoms with van der Waals surface area (Å²) in [4.78, 5) is 4.10. The Morgan fingerprint density at radius 3 is 2.44 bits per heavy atom. The van der Waals surface area contributed by atoms with Crippen LogP contribution in [-0.4, -0.2) is 4.98 Å². The van der Waals surface area contributed by atoms with Crippen LogP contribution >= 0.6 is 0 Å². The van der Waals surface area contributed by atoms with E-state index in [1.165, 1.54) is 50.5 Å². The van der Waals surface area contributed by atoms with Gasteiger partial charge in [-0.3, -0.25) is 4.98 Å². The van der Waals surface area contributed by atoms with E-state index in [4.69, 9.17) is 5.73 Å². The molecule has 0 fully saturated rings. The Kier molecular flexibility index (Phi) is 6.62. The molecule has 0 amide bonds. The van der Waals surface area contributed by atoms with Gasteiger partial charge in [0.2, 0.25) is 0 Å². The van der Waals surface area contributed by atoms with E-state index in [9.17, 15) is 0 Å². The third-order valence-electron chi connectivity index (χ3n) is 2.99. The second-order valence-electron chi connectivity index (χ2n) is 4.45. The Morgan fingerprint density at radius 2 is 1.75 bits per heavy atom. The van der Waals surface area contributed by atoms with Gasteiger partial charge in [0.05, 0.1) is 0 Å². The minimum Gasteiger partial charge on any atom is -0.398 e. The van der Waals surface area contributed by atoms with Crippen LogP contribution in [0.25, 0.3) is 0 Å². The van der Waals surface area contributed by atoms with Crippen LogP contribution in [0.15, 0.2) is 18.5 Å². The average molecular weight is 220 g/mol. The molecule has 1 rings (SSSR count). The van der Waals surface area contributed by atoms with Crippen molar-refractivity contribution in [1.29, 1.82) is 0 Å². The largest absolute Gasteiger partial charge is 0.398 e. The molecule has 2 heteroatoms. The first-order valence-electron chi connectivity index (χ1n) is 6.53. The van der Waals surface area contributed by atoms with E-state index in [0.717, 1.165) is 12.1 Å². The van der Waals surface area contributed by atoms with Gasteiger partial charge in [0.25, 0.3) is 0 Å². The highest BCUT2D eigenvalue weighted by Gasteiger charge is 1.98. The molecular formula is C14H24N2. The molecule has 0 aliphatic carbocycles. The highest BCUT2D eigenvalue weighted by atomic mass is 14.7. The summed E-state index contributed by atoms with van der Waals surface area (Å²) in [6.07, 6.45) is 14.1. The lowest BCUT2D eigenvalue weighted by atomic mass is 10.0. The fourth-order valence-electron chi connectivity index (χ4n) is 1.92. The second-order valence-corrected chi connectivity index (χ2v) is 4.45. The van der Waals surface area contributed by atoms with Gasteiger partial charge in [-0.1, -0.05) is 45.4 Å². The van der Waals surface area contributed by atoms with Crippen molar-refractivity contribution in [3.05, 3.63) is 24.0 Å². The van der Waals surface area contributed by atoms with Crippen LogP contribution in [0.3, 0.4) is 0 Å². The number of aryl methyl sites for hydroxylation is 1. The van der Waals surface area contributed by atoms with Crippen LogP contribution in [-0.2, 0) is 6.42 Å². The number of pyridine rings is 1. The van der Waals surface area contributed by atoms with Crippen molar-refractivity contribution in [2.45, 2.75) is 58.3 Å². The van der Waals surface area contributed by atoms with Crippen molar-refractivity contribution in [2.24, 2.45) is 0 Å². The average Bonchev–Trinajstić information content (AvgIpc) is 2.30. The first kappa shape index (κ1) is 13.0. The number of nitrogens with zero attached hydrogens (tertiary/aromatic N) is 1. The number of hydrogen-bond donors (Lipinski definition) is 1. The first-order chi connectivity index (χ1) is 7.84. The van der Waals surface area contributed by atoms with Crippen LogP contribution < -0.4 is 5.73 Å². The Hall–Kier alpha value is -1.05. The molecule has 16 heavy (non-hydrogen) atoms. The predicted molar refractivity (Wildman–Crippen MR) is 70.3 cm³/mol. The monoisotopic (exact) mass is 220 g/mol. The van der Waals surface area contributed by atoms with E-state index < -0.39 is 0 Å². The smallest absolute Gasteiger partial charge is 0.0377 e. The zero-order chi connectivity index (χ0) is 11.6. The molecule has 0 aromatic carbocycles. The van der Waals surface area contributed by atoms with Crippen LogP contribution in [0.5, 0.6) is 0 Å². The molecule has 90 valence electrons. The summed E-state index contributed by atoms with van der Waals surface area (Å²) in [5, 5.41) is 0. The van der Waals surface area contributed by atoms with Gasteiger partial charge in [0, 0.05) is 18.1 Å². The van der Waals surface area contributed by atoms with Gasteiger partial charge >= 0.3 is 0 Å². The lowest BCUT2D eigenvalue weighted by Crippen LogP contribution is -1.95. The van der Waals surface area contributed by atoms with E-state index in [1.54, 1.807) is 6.20 Å². The summed E-state index contributed by atoms with van der Waals surface area (Å²) < 4.78 is 0. The van der Waals surface area contributed by atoms with Crippen molar-refractivity contribution in [3.8, 4) is 0 Å². The van der Waals surface area contributed by atoms with Gasteiger partial charge < -0.3 is 5.73 Å². The van der Waals surface area contributed by atoms with Crippen LogP contribution in [0, 0.1) is 0 Å². The molecule has 0 aliphatic rings. The van der Waals surface area contributed by atoms with Crippen LogP contribution in [0.4, 0.5) is 5.69 Å². The zero-order valence-corrected chi connectivity index (χ0v) is 10.4. The van der Waals surface area contributed by atoms with Gasteiger partial charge in [-0.05, 0) is 24.5 Å². The van der Waals surface area contributed by atoms with E-state index >= 15 is 0 Å². The van der Waals surface area contributed by atoms with Crippen molar-refractivity contribution >= 4 is 5.69 Å². The third-order valence-corrected chi connectivity index (χ3v) is 2.99. The maximum absolute atomic E-state index is 5.86. The van der Waals surface area contributed by atoms with Crippen molar-refractivity contribution in [1.82, 2.24) is 4.98 Å². The topological polar surface area (TPSA) is 38.9 Å². The van der Waals surface area contributed by atoms with Crippen molar-refractivity contribution < 1.29 is 0 Å². The van der Waals surface area contributed by atoms with Crippen LogP contribution in [0.2, 0.25) is 0 Å². The van der Waals surface area contributed by atoms with Gasteiger partial charge in [-0.2, -0.15) is 0 Å². The van der Waals surface area contributed by atoms with Crippen molar-refractivity contribution in [3.63, 3.8) is 0 Å². The number of anilines is 1. The summed E-state index contributed by atoms with van der Waals surface area (Å²) in [5.41, 5.74) is 7.96. The van der Waals surface area contributed by atoms with E-state index in [-0.39, 0.29) is 0 Å². The molecule has 0 spiro atoms. The molecule has 1 heterocycles. The number of nitrogen functional groups attached to an aromatic ring is 1. The third kappa shape index (κ3) is 5.15. The maximum Gasteiger partial charge on any atom is 0.0377 e. The van der Waals surface area contributed by atoms with Gasteiger partial charge in [-0.25, -0.2) is 0 Å². The number of nitrogens with two attached hydrogens (primary N) is 1. The molecule has 0 saturated heterocycles. The quantitative estimate of drug-likeness (QED) is 0.673. The fraction of sp³-hybridized carbons (Fsp3) is 0.643. The highest BCUT2D eigenvalue weighted by molar-refractivity contribution is 5.44. The summed E-state index contributed by atoms with van der Waals surface area (Å²) in [6, 6.07) is 1.89. The summed E-state index contributed by atoms with van der Waals surface area (Å²) in [7, 11) is 0. The maximum atomic E-state index is 5.86. The molecule has 0 bridgehead atoms. The fourth-order valence-corrected chi connectivity index (χ4v) is 1.92. The predicted octanol–water partition coefficient (Wildman–Crippen LogP) is 3.96. The zero-order valence-electron chi connectivity index (χ0n) is 10.4. The number of hydrogen-bond acceptors (Lipinski definition) is 2. The SMILES string of the molecule is CCCCCCCCCc1cnccc1N. The van der Waals surface area contributed by atoms with Crippen LogP contribution in [0.1, 0.15) is 57.4 Å². The molecule has 0 radical (unpaired) electrons. The summed E-state index contributed by atoms with van der Waals surface area (Å²) in [5.74, 6) is 0. The lowest BCUT2D eigenvalue weighted by Gasteiger charge is -2.04. The molecule has 1 aromatic rings. The molecule has 0 atom stereocenters. The number of rotatable bonds is 8. The first-order valence-corrected chi connectivity index (χ1v) is 6.53.